The molecular formula is C13H26N2O4. The van der Waals surface area contributed by atoms with Crippen LogP contribution in [0.4, 0.5) is 0 Å². The van der Waals surface area contributed by atoms with Crippen LogP contribution in [0.15, 0.2) is 0 Å². The average Bonchev–Trinajstić information content (AvgIpc) is 2.33. The van der Waals surface area contributed by atoms with E-state index in [-0.39, 0.29) is 11.8 Å². The number of hydrogen-bond acceptors (Lipinski definition) is 4. The second-order valence-electron chi connectivity index (χ2n) is 4.54. The van der Waals surface area contributed by atoms with Crippen molar-refractivity contribution in [3.8, 4) is 0 Å². The minimum atomic E-state index is -0.525. The quantitative estimate of drug-likeness (QED) is 0.470. The first kappa shape index (κ1) is 17.9. The molecule has 0 saturated heterocycles. The van der Waals surface area contributed by atoms with E-state index in [4.69, 9.17) is 4.74 Å². The molecule has 6 heteroatoms. The lowest BCUT2D eigenvalue weighted by Gasteiger charge is -2.10. The van der Waals surface area contributed by atoms with E-state index >= 15 is 0 Å². The average molecular weight is 274 g/mol. The Kier molecular flexibility index (Phi) is 11.2. The Morgan fingerprint density at radius 3 is 2.53 bits per heavy atom. The fourth-order valence-corrected chi connectivity index (χ4v) is 1.59. The SMILES string of the molecule is COCC(O)CCNC(=O)CCCCCNC(C)=O. The summed E-state index contributed by atoms with van der Waals surface area (Å²) >= 11 is 0. The number of aliphatic hydroxyl groups is 1. The van der Waals surface area contributed by atoms with Gasteiger partial charge in [0.2, 0.25) is 11.8 Å². The molecule has 112 valence electrons. The second kappa shape index (κ2) is 11.9. The minimum Gasteiger partial charge on any atom is -0.391 e. The molecule has 0 aromatic carbocycles. The molecule has 0 rings (SSSR count). The molecule has 1 unspecified atom stereocenters. The van der Waals surface area contributed by atoms with Gasteiger partial charge in [-0.25, -0.2) is 0 Å². The lowest BCUT2D eigenvalue weighted by molar-refractivity contribution is -0.121. The number of carbonyl (C=O) groups is 2. The Hall–Kier alpha value is -1.14. The van der Waals surface area contributed by atoms with E-state index < -0.39 is 6.10 Å². The van der Waals surface area contributed by atoms with Gasteiger partial charge in [-0.2, -0.15) is 0 Å². The normalized spacial score (nSPS) is 11.9. The fourth-order valence-electron chi connectivity index (χ4n) is 1.59. The fraction of sp³-hybridized carbons (Fsp3) is 0.846. The number of unbranched alkanes of at least 4 members (excludes halogenated alkanes) is 2. The van der Waals surface area contributed by atoms with Crippen molar-refractivity contribution >= 4 is 11.8 Å². The van der Waals surface area contributed by atoms with Crippen LogP contribution in [0.5, 0.6) is 0 Å². The first-order chi connectivity index (χ1) is 9.06. The summed E-state index contributed by atoms with van der Waals surface area (Å²) < 4.78 is 4.79. The molecule has 0 aromatic rings. The predicted molar refractivity (Wildman–Crippen MR) is 72.7 cm³/mol. The van der Waals surface area contributed by atoms with Gasteiger partial charge < -0.3 is 20.5 Å². The maximum absolute atomic E-state index is 11.4. The molecule has 0 aliphatic heterocycles. The number of ether oxygens (including phenoxy) is 1. The van der Waals surface area contributed by atoms with Gasteiger partial charge in [0, 0.05) is 33.5 Å². The molecule has 0 radical (unpaired) electrons. The van der Waals surface area contributed by atoms with Gasteiger partial charge in [0.05, 0.1) is 12.7 Å². The third-order valence-corrected chi connectivity index (χ3v) is 2.61. The van der Waals surface area contributed by atoms with Crippen molar-refractivity contribution in [3.63, 3.8) is 0 Å². The van der Waals surface area contributed by atoms with E-state index in [1.807, 2.05) is 0 Å². The molecule has 0 saturated carbocycles. The van der Waals surface area contributed by atoms with Gasteiger partial charge in [-0.05, 0) is 19.3 Å². The van der Waals surface area contributed by atoms with E-state index in [0.29, 0.717) is 32.5 Å². The zero-order valence-electron chi connectivity index (χ0n) is 11.9. The number of amides is 2. The topological polar surface area (TPSA) is 87.7 Å². The zero-order chi connectivity index (χ0) is 14.5. The van der Waals surface area contributed by atoms with Crippen molar-refractivity contribution in [1.29, 1.82) is 0 Å². The van der Waals surface area contributed by atoms with Crippen molar-refractivity contribution in [3.05, 3.63) is 0 Å². The number of aliphatic hydroxyl groups excluding tert-OH is 1. The van der Waals surface area contributed by atoms with Crippen LogP contribution in [0, 0.1) is 0 Å². The second-order valence-corrected chi connectivity index (χ2v) is 4.54. The summed E-state index contributed by atoms with van der Waals surface area (Å²) in [5.74, 6) is -0.0171. The van der Waals surface area contributed by atoms with Gasteiger partial charge in [0.1, 0.15) is 0 Å². The molecule has 0 aliphatic carbocycles. The highest BCUT2D eigenvalue weighted by molar-refractivity contribution is 5.75. The maximum Gasteiger partial charge on any atom is 0.219 e. The van der Waals surface area contributed by atoms with Crippen molar-refractivity contribution in [2.45, 2.75) is 45.1 Å². The van der Waals surface area contributed by atoms with E-state index in [0.717, 1.165) is 19.3 Å². The van der Waals surface area contributed by atoms with Gasteiger partial charge in [-0.15, -0.1) is 0 Å². The molecule has 0 fully saturated rings. The molecule has 0 heterocycles. The largest absolute Gasteiger partial charge is 0.391 e. The summed E-state index contributed by atoms with van der Waals surface area (Å²) in [6, 6.07) is 0. The highest BCUT2D eigenvalue weighted by Gasteiger charge is 2.05. The number of methoxy groups -OCH3 is 1. The molecule has 6 nitrogen and oxygen atoms in total. The van der Waals surface area contributed by atoms with Crippen LogP contribution in [-0.4, -0.2) is 49.8 Å². The van der Waals surface area contributed by atoms with Gasteiger partial charge in [0.25, 0.3) is 0 Å². The molecular weight excluding hydrogens is 248 g/mol. The van der Waals surface area contributed by atoms with Gasteiger partial charge in [-0.1, -0.05) is 6.42 Å². The summed E-state index contributed by atoms with van der Waals surface area (Å²) in [5, 5.41) is 14.8. The molecule has 19 heavy (non-hydrogen) atoms. The van der Waals surface area contributed by atoms with Crippen LogP contribution in [-0.2, 0) is 14.3 Å². The van der Waals surface area contributed by atoms with Crippen LogP contribution in [0.3, 0.4) is 0 Å². The predicted octanol–water partition coefficient (Wildman–Crippen LogP) is 0.196. The van der Waals surface area contributed by atoms with E-state index in [1.54, 1.807) is 0 Å². The van der Waals surface area contributed by atoms with Crippen molar-refractivity contribution in [2.24, 2.45) is 0 Å². The van der Waals surface area contributed by atoms with Crippen LogP contribution in [0.2, 0.25) is 0 Å². The molecule has 0 spiro atoms. The van der Waals surface area contributed by atoms with Crippen LogP contribution >= 0.6 is 0 Å². The maximum atomic E-state index is 11.4. The number of nitrogens with one attached hydrogen (secondary N) is 2. The number of rotatable bonds is 11. The van der Waals surface area contributed by atoms with Crippen LogP contribution in [0.1, 0.15) is 39.0 Å². The van der Waals surface area contributed by atoms with Gasteiger partial charge in [-0.3, -0.25) is 9.59 Å². The third kappa shape index (κ3) is 13.1. The molecule has 0 aromatic heterocycles. The number of hydrogen-bond donors (Lipinski definition) is 3. The van der Waals surface area contributed by atoms with Crippen molar-refractivity contribution in [1.82, 2.24) is 10.6 Å². The molecule has 2 amide bonds. The summed E-state index contributed by atoms with van der Waals surface area (Å²) in [5.41, 5.74) is 0. The van der Waals surface area contributed by atoms with E-state index in [1.165, 1.54) is 14.0 Å². The standard InChI is InChI=1S/C13H26N2O4/c1-11(16)14-8-5-3-4-6-13(18)15-9-7-12(17)10-19-2/h12,17H,3-10H2,1-2H3,(H,14,16)(H,15,18). The molecule has 0 aliphatic rings. The molecule has 1 atom stereocenters. The highest BCUT2D eigenvalue weighted by Crippen LogP contribution is 1.99. The third-order valence-electron chi connectivity index (χ3n) is 2.61. The minimum absolute atomic E-state index is 0.00384. The lowest BCUT2D eigenvalue weighted by atomic mass is 10.2. The molecule has 3 N–H and O–H groups in total. The number of carbonyl (C=O) groups excluding carboxylic acids is 2. The Labute approximate surface area is 114 Å². The Balaban J connectivity index is 3.32. The smallest absolute Gasteiger partial charge is 0.219 e. The summed E-state index contributed by atoms with van der Waals surface area (Å²) in [6.07, 6.45) is 3.08. The Morgan fingerprint density at radius 2 is 1.89 bits per heavy atom. The summed E-state index contributed by atoms with van der Waals surface area (Å²) in [7, 11) is 1.53. The summed E-state index contributed by atoms with van der Waals surface area (Å²) in [4.78, 5) is 22.0. The first-order valence-electron chi connectivity index (χ1n) is 6.74. The Bertz CT molecular complexity index is 259. The lowest BCUT2D eigenvalue weighted by Crippen LogP contribution is -2.28. The Morgan fingerprint density at radius 1 is 1.16 bits per heavy atom. The van der Waals surface area contributed by atoms with Crippen molar-refractivity contribution < 1.29 is 19.4 Å². The van der Waals surface area contributed by atoms with E-state index in [9.17, 15) is 14.7 Å². The van der Waals surface area contributed by atoms with Crippen LogP contribution in [0.25, 0.3) is 0 Å². The van der Waals surface area contributed by atoms with E-state index in [2.05, 4.69) is 10.6 Å². The summed E-state index contributed by atoms with van der Waals surface area (Å²) in [6.45, 7) is 2.92. The zero-order valence-corrected chi connectivity index (χ0v) is 11.9. The first-order valence-corrected chi connectivity index (χ1v) is 6.74. The van der Waals surface area contributed by atoms with Gasteiger partial charge >= 0.3 is 0 Å². The molecule has 0 bridgehead atoms. The highest BCUT2D eigenvalue weighted by atomic mass is 16.5. The monoisotopic (exact) mass is 274 g/mol. The van der Waals surface area contributed by atoms with Crippen LogP contribution < -0.4 is 10.6 Å². The van der Waals surface area contributed by atoms with Gasteiger partial charge in [0.15, 0.2) is 0 Å². The van der Waals surface area contributed by atoms with Crippen molar-refractivity contribution in [2.75, 3.05) is 26.8 Å².